The van der Waals surface area contributed by atoms with Crippen LogP contribution in [0, 0.1) is 12.7 Å². The predicted octanol–water partition coefficient (Wildman–Crippen LogP) is 3.37. The van der Waals surface area contributed by atoms with Crippen molar-refractivity contribution in [2.24, 2.45) is 0 Å². The molecule has 0 aliphatic carbocycles. The molecule has 27 heavy (non-hydrogen) atoms. The lowest BCUT2D eigenvalue weighted by molar-refractivity contribution is 0.425. The van der Waals surface area contributed by atoms with Crippen molar-refractivity contribution in [2.45, 2.75) is 6.92 Å². The first-order valence-electron chi connectivity index (χ1n) is 8.83. The number of halogens is 1. The van der Waals surface area contributed by atoms with Crippen LogP contribution in [0.4, 0.5) is 10.3 Å². The third kappa shape index (κ3) is 3.21. The van der Waals surface area contributed by atoms with Gasteiger partial charge in [-0.2, -0.15) is 0 Å². The van der Waals surface area contributed by atoms with Gasteiger partial charge in [0.15, 0.2) is 11.5 Å². The van der Waals surface area contributed by atoms with Crippen LogP contribution in [0.5, 0.6) is 0 Å². The molecule has 4 aromatic rings. The first-order valence-corrected chi connectivity index (χ1v) is 8.83. The predicted molar refractivity (Wildman–Crippen MR) is 105 cm³/mol. The quantitative estimate of drug-likeness (QED) is 0.588. The Balaban J connectivity index is 1.96. The van der Waals surface area contributed by atoms with Gasteiger partial charge in [-0.05, 0) is 45.3 Å². The van der Waals surface area contributed by atoms with Crippen molar-refractivity contribution in [1.82, 2.24) is 24.5 Å². The normalized spacial score (nSPS) is 11.6. The highest BCUT2D eigenvalue weighted by Gasteiger charge is 2.18. The van der Waals surface area contributed by atoms with E-state index in [0.29, 0.717) is 29.5 Å². The molecule has 7 heteroatoms. The molecule has 0 aliphatic heterocycles. The highest BCUT2D eigenvalue weighted by atomic mass is 19.1. The van der Waals surface area contributed by atoms with Gasteiger partial charge in [0.05, 0.1) is 11.1 Å². The minimum absolute atomic E-state index is 0.338. The SMILES string of the molecule is Cc1ccc2nc(NCCN(C)C)n3c(-c4ccccc4F)nnc3c2c1. The van der Waals surface area contributed by atoms with Crippen LogP contribution < -0.4 is 5.32 Å². The zero-order chi connectivity index (χ0) is 19.0. The maximum atomic E-state index is 14.4. The second kappa shape index (κ2) is 6.92. The molecule has 2 aromatic heterocycles. The molecule has 1 N–H and O–H groups in total. The number of nitrogens with one attached hydrogen (secondary N) is 1. The van der Waals surface area contributed by atoms with Crippen molar-refractivity contribution >= 4 is 22.5 Å². The van der Waals surface area contributed by atoms with Gasteiger partial charge >= 0.3 is 0 Å². The number of benzene rings is 2. The fraction of sp³-hybridized carbons (Fsp3) is 0.250. The van der Waals surface area contributed by atoms with Gasteiger partial charge in [0.1, 0.15) is 5.82 Å². The van der Waals surface area contributed by atoms with Gasteiger partial charge in [-0.1, -0.05) is 23.8 Å². The van der Waals surface area contributed by atoms with Gasteiger partial charge in [-0.15, -0.1) is 10.2 Å². The van der Waals surface area contributed by atoms with Crippen LogP contribution in [0.1, 0.15) is 5.56 Å². The minimum Gasteiger partial charge on any atom is -0.354 e. The van der Waals surface area contributed by atoms with Crippen LogP contribution in [0.15, 0.2) is 42.5 Å². The number of rotatable bonds is 5. The summed E-state index contributed by atoms with van der Waals surface area (Å²) in [7, 11) is 4.02. The average molecular weight is 364 g/mol. The summed E-state index contributed by atoms with van der Waals surface area (Å²) in [6.07, 6.45) is 0. The summed E-state index contributed by atoms with van der Waals surface area (Å²) in [5.74, 6) is 0.702. The molecule has 0 unspecified atom stereocenters. The number of fused-ring (bicyclic) bond motifs is 3. The Morgan fingerprint density at radius 3 is 2.70 bits per heavy atom. The molecule has 2 heterocycles. The van der Waals surface area contributed by atoms with Crippen molar-refractivity contribution in [2.75, 3.05) is 32.5 Å². The van der Waals surface area contributed by atoms with Crippen molar-refractivity contribution < 1.29 is 4.39 Å². The van der Waals surface area contributed by atoms with Crippen LogP contribution in [0.2, 0.25) is 0 Å². The maximum absolute atomic E-state index is 14.4. The van der Waals surface area contributed by atoms with Gasteiger partial charge < -0.3 is 10.2 Å². The topological polar surface area (TPSA) is 58.4 Å². The number of nitrogens with zero attached hydrogens (tertiary/aromatic N) is 5. The second-order valence-electron chi connectivity index (χ2n) is 6.85. The fourth-order valence-electron chi connectivity index (χ4n) is 3.08. The lowest BCUT2D eigenvalue weighted by Crippen LogP contribution is -2.22. The monoisotopic (exact) mass is 364 g/mol. The van der Waals surface area contributed by atoms with E-state index in [2.05, 4.69) is 20.4 Å². The van der Waals surface area contributed by atoms with Crippen molar-refractivity contribution in [3.8, 4) is 11.4 Å². The number of likely N-dealkylation sites (N-methyl/N-ethyl adjacent to an activating group) is 1. The zero-order valence-corrected chi connectivity index (χ0v) is 15.6. The van der Waals surface area contributed by atoms with Crippen LogP contribution >= 0.6 is 0 Å². The molecule has 0 saturated carbocycles. The largest absolute Gasteiger partial charge is 0.354 e. The Labute approximate surface area is 156 Å². The highest BCUT2D eigenvalue weighted by molar-refractivity contribution is 5.93. The van der Waals surface area contributed by atoms with E-state index in [4.69, 9.17) is 4.98 Å². The van der Waals surface area contributed by atoms with Crippen LogP contribution in [0.25, 0.3) is 27.9 Å². The van der Waals surface area contributed by atoms with Crippen LogP contribution in [-0.4, -0.2) is 51.7 Å². The lowest BCUT2D eigenvalue weighted by atomic mass is 10.1. The molecule has 0 spiro atoms. The molecule has 0 amide bonds. The number of aryl methyl sites for hydroxylation is 1. The lowest BCUT2D eigenvalue weighted by Gasteiger charge is -2.14. The molecule has 0 atom stereocenters. The molecule has 2 aromatic carbocycles. The molecule has 0 saturated heterocycles. The number of hydrogen-bond acceptors (Lipinski definition) is 5. The smallest absolute Gasteiger partial charge is 0.211 e. The minimum atomic E-state index is -0.338. The maximum Gasteiger partial charge on any atom is 0.211 e. The zero-order valence-electron chi connectivity index (χ0n) is 15.6. The van der Waals surface area contributed by atoms with Crippen LogP contribution in [-0.2, 0) is 0 Å². The molecule has 6 nitrogen and oxygen atoms in total. The third-order valence-corrected chi connectivity index (χ3v) is 4.45. The Hall–Kier alpha value is -3.06. The van der Waals surface area contributed by atoms with E-state index in [0.717, 1.165) is 23.0 Å². The third-order valence-electron chi connectivity index (χ3n) is 4.45. The second-order valence-corrected chi connectivity index (χ2v) is 6.85. The standard InChI is InChI=1S/C20H21FN6/c1-13-8-9-17-15(12-13)19-25-24-18(14-6-4-5-7-16(14)21)27(19)20(23-17)22-10-11-26(2)3/h4-9,12H,10-11H2,1-3H3,(H,22,23). The summed E-state index contributed by atoms with van der Waals surface area (Å²) in [5.41, 5.74) is 2.99. The average Bonchev–Trinajstić information content (AvgIpc) is 3.07. The first-order chi connectivity index (χ1) is 13.0. The van der Waals surface area contributed by atoms with Crippen molar-refractivity contribution in [3.05, 3.63) is 53.8 Å². The Bertz CT molecular complexity index is 1120. The first kappa shape index (κ1) is 17.4. The summed E-state index contributed by atoms with van der Waals surface area (Å²) >= 11 is 0. The van der Waals surface area contributed by atoms with Gasteiger partial charge in [0.25, 0.3) is 0 Å². The number of hydrogen-bond donors (Lipinski definition) is 1. The fourth-order valence-corrected chi connectivity index (χ4v) is 3.08. The summed E-state index contributed by atoms with van der Waals surface area (Å²) < 4.78 is 16.2. The molecule has 0 fully saturated rings. The number of aromatic nitrogens is 4. The molecule has 138 valence electrons. The van der Waals surface area contributed by atoms with E-state index in [-0.39, 0.29) is 5.82 Å². The Kier molecular flexibility index (Phi) is 4.45. The van der Waals surface area contributed by atoms with Crippen molar-refractivity contribution in [3.63, 3.8) is 0 Å². The molecular formula is C20H21FN6. The molecular weight excluding hydrogens is 343 g/mol. The van der Waals surface area contributed by atoms with E-state index < -0.39 is 0 Å². The van der Waals surface area contributed by atoms with Crippen LogP contribution in [0.3, 0.4) is 0 Å². The van der Waals surface area contributed by atoms with Gasteiger partial charge in [0, 0.05) is 18.5 Å². The Morgan fingerprint density at radius 1 is 1.11 bits per heavy atom. The number of anilines is 1. The summed E-state index contributed by atoms with van der Waals surface area (Å²) in [4.78, 5) is 6.84. The van der Waals surface area contributed by atoms with Gasteiger partial charge in [0.2, 0.25) is 5.95 Å². The summed E-state index contributed by atoms with van der Waals surface area (Å²) in [6, 6.07) is 12.6. The molecule has 0 aliphatic rings. The van der Waals surface area contributed by atoms with Crippen molar-refractivity contribution in [1.29, 1.82) is 0 Å². The van der Waals surface area contributed by atoms with E-state index in [1.807, 2.05) is 39.2 Å². The molecule has 0 bridgehead atoms. The summed E-state index contributed by atoms with van der Waals surface area (Å²) in [6.45, 7) is 3.56. The highest BCUT2D eigenvalue weighted by Crippen LogP contribution is 2.28. The van der Waals surface area contributed by atoms with E-state index in [1.165, 1.54) is 6.07 Å². The summed E-state index contributed by atoms with van der Waals surface area (Å²) in [5, 5.41) is 12.9. The van der Waals surface area contributed by atoms with Gasteiger partial charge in [-0.25, -0.2) is 13.8 Å². The Morgan fingerprint density at radius 2 is 1.93 bits per heavy atom. The van der Waals surface area contributed by atoms with E-state index in [1.54, 1.807) is 22.6 Å². The molecule has 0 radical (unpaired) electrons. The van der Waals surface area contributed by atoms with Gasteiger partial charge in [-0.3, -0.25) is 0 Å². The van der Waals surface area contributed by atoms with E-state index >= 15 is 0 Å². The van der Waals surface area contributed by atoms with E-state index in [9.17, 15) is 4.39 Å². The molecule has 4 rings (SSSR count).